The number of pyridine rings is 1. The first-order chi connectivity index (χ1) is 11.3. The van der Waals surface area contributed by atoms with Crippen molar-refractivity contribution in [3.05, 3.63) is 43.1 Å². The molecule has 1 fully saturated rings. The van der Waals surface area contributed by atoms with Crippen molar-refractivity contribution in [1.29, 1.82) is 0 Å². The summed E-state index contributed by atoms with van der Waals surface area (Å²) >= 11 is 0. The molecule has 1 amide bonds. The van der Waals surface area contributed by atoms with Crippen molar-refractivity contribution in [1.82, 2.24) is 4.98 Å². The number of carbonyl (C=O) groups is 1. The Labute approximate surface area is 135 Å². The lowest BCUT2D eigenvalue weighted by molar-refractivity contribution is -0.111. The molecule has 120 valence electrons. The van der Waals surface area contributed by atoms with E-state index in [9.17, 15) is 4.79 Å². The van der Waals surface area contributed by atoms with Gasteiger partial charge in [-0.1, -0.05) is 6.58 Å². The van der Waals surface area contributed by atoms with Gasteiger partial charge in [-0.25, -0.2) is 0 Å². The third-order valence-corrected chi connectivity index (χ3v) is 3.99. The van der Waals surface area contributed by atoms with Crippen LogP contribution in [0, 0.1) is 5.92 Å². The fourth-order valence-electron chi connectivity index (χ4n) is 2.68. The molecule has 1 aliphatic heterocycles. The van der Waals surface area contributed by atoms with Crippen molar-refractivity contribution < 1.29 is 14.3 Å². The van der Waals surface area contributed by atoms with Crippen LogP contribution in [0.3, 0.4) is 0 Å². The summed E-state index contributed by atoms with van der Waals surface area (Å²) in [6.07, 6.45) is 5.03. The second-order valence-electron chi connectivity index (χ2n) is 5.57. The van der Waals surface area contributed by atoms with Gasteiger partial charge in [0.1, 0.15) is 11.3 Å². The summed E-state index contributed by atoms with van der Waals surface area (Å²) in [4.78, 5) is 16.0. The van der Waals surface area contributed by atoms with E-state index in [-0.39, 0.29) is 5.91 Å². The van der Waals surface area contributed by atoms with Crippen LogP contribution >= 0.6 is 0 Å². The number of carbonyl (C=O) groups excluding carboxylic acids is 1. The predicted molar refractivity (Wildman–Crippen MR) is 89.6 cm³/mol. The molecule has 1 aromatic carbocycles. The maximum absolute atomic E-state index is 11.5. The van der Waals surface area contributed by atoms with E-state index in [1.807, 2.05) is 24.3 Å². The van der Waals surface area contributed by atoms with E-state index in [1.165, 1.54) is 6.08 Å². The third kappa shape index (κ3) is 3.68. The second kappa shape index (κ2) is 7.24. The molecule has 5 heteroatoms. The largest absolute Gasteiger partial charge is 0.491 e. The van der Waals surface area contributed by atoms with Crippen LogP contribution in [0.15, 0.2) is 43.1 Å². The highest BCUT2D eigenvalue weighted by Gasteiger charge is 2.16. The number of anilines is 1. The van der Waals surface area contributed by atoms with E-state index in [0.29, 0.717) is 18.2 Å². The van der Waals surface area contributed by atoms with Crippen molar-refractivity contribution in [2.45, 2.75) is 12.8 Å². The van der Waals surface area contributed by atoms with E-state index < -0.39 is 0 Å². The molecule has 0 unspecified atom stereocenters. The molecule has 1 N–H and O–H groups in total. The number of rotatable bonds is 5. The standard InChI is InChI=1S/C18H20N2O3/c1-2-17(21)20-15-5-6-16(18-14(15)4-3-9-19-18)23-12-13-7-10-22-11-8-13/h2-6,9,13H,1,7-8,10-12H2,(H,20,21). The molecule has 1 aromatic heterocycles. The Morgan fingerprint density at radius 2 is 2.22 bits per heavy atom. The molecular weight excluding hydrogens is 292 g/mol. The van der Waals surface area contributed by atoms with E-state index in [2.05, 4.69) is 16.9 Å². The Hall–Kier alpha value is -2.40. The molecule has 0 atom stereocenters. The molecule has 0 saturated carbocycles. The molecule has 1 aliphatic rings. The molecule has 23 heavy (non-hydrogen) atoms. The SMILES string of the molecule is C=CC(=O)Nc1ccc(OCC2CCOCC2)c2ncccc12. The number of hydrogen-bond donors (Lipinski definition) is 1. The van der Waals surface area contributed by atoms with Crippen LogP contribution in [0.2, 0.25) is 0 Å². The zero-order valence-corrected chi connectivity index (χ0v) is 13.0. The van der Waals surface area contributed by atoms with Gasteiger partial charge in [-0.3, -0.25) is 9.78 Å². The van der Waals surface area contributed by atoms with Crippen molar-refractivity contribution in [2.24, 2.45) is 5.92 Å². The maximum Gasteiger partial charge on any atom is 0.247 e. The molecule has 2 heterocycles. The number of nitrogens with zero attached hydrogens (tertiary/aromatic N) is 1. The predicted octanol–water partition coefficient (Wildman–Crippen LogP) is 3.16. The minimum atomic E-state index is -0.244. The highest BCUT2D eigenvalue weighted by atomic mass is 16.5. The van der Waals surface area contributed by atoms with E-state index in [0.717, 1.165) is 42.7 Å². The number of fused-ring (bicyclic) bond motifs is 1. The Kier molecular flexibility index (Phi) is 4.88. The first-order valence-corrected chi connectivity index (χ1v) is 7.79. The summed E-state index contributed by atoms with van der Waals surface area (Å²) < 4.78 is 11.4. The van der Waals surface area contributed by atoms with Gasteiger partial charge in [0.05, 0.1) is 12.3 Å². The van der Waals surface area contributed by atoms with Gasteiger partial charge in [-0.2, -0.15) is 0 Å². The average Bonchev–Trinajstić information content (AvgIpc) is 2.62. The number of ether oxygens (including phenoxy) is 2. The Bertz CT molecular complexity index is 708. The quantitative estimate of drug-likeness (QED) is 0.862. The number of nitrogens with one attached hydrogen (secondary N) is 1. The van der Waals surface area contributed by atoms with Gasteiger partial charge in [-0.15, -0.1) is 0 Å². The van der Waals surface area contributed by atoms with Gasteiger partial charge in [0.15, 0.2) is 0 Å². The molecule has 0 spiro atoms. The van der Waals surface area contributed by atoms with Crippen LogP contribution in [0.1, 0.15) is 12.8 Å². The Morgan fingerprint density at radius 1 is 1.39 bits per heavy atom. The molecular formula is C18H20N2O3. The molecule has 5 nitrogen and oxygen atoms in total. The molecule has 1 saturated heterocycles. The zero-order valence-electron chi connectivity index (χ0n) is 13.0. The van der Waals surface area contributed by atoms with Crippen LogP contribution in [0.25, 0.3) is 10.9 Å². The van der Waals surface area contributed by atoms with Crippen LogP contribution < -0.4 is 10.1 Å². The normalized spacial score (nSPS) is 15.3. The fraction of sp³-hybridized carbons (Fsp3) is 0.333. The lowest BCUT2D eigenvalue weighted by atomic mass is 10.0. The number of benzene rings is 1. The summed E-state index contributed by atoms with van der Waals surface area (Å²) in [5.41, 5.74) is 1.46. The molecule has 0 aliphatic carbocycles. The third-order valence-electron chi connectivity index (χ3n) is 3.99. The van der Waals surface area contributed by atoms with Crippen molar-refractivity contribution >= 4 is 22.5 Å². The van der Waals surface area contributed by atoms with Gasteiger partial charge >= 0.3 is 0 Å². The first kappa shape index (κ1) is 15.5. The van der Waals surface area contributed by atoms with Crippen molar-refractivity contribution in [3.8, 4) is 5.75 Å². The van der Waals surface area contributed by atoms with E-state index in [4.69, 9.17) is 9.47 Å². The lowest BCUT2D eigenvalue weighted by Gasteiger charge is -2.22. The molecule has 2 aromatic rings. The highest BCUT2D eigenvalue weighted by molar-refractivity contribution is 6.06. The van der Waals surface area contributed by atoms with Crippen LogP contribution in [-0.2, 0) is 9.53 Å². The van der Waals surface area contributed by atoms with Gasteiger partial charge < -0.3 is 14.8 Å². The maximum atomic E-state index is 11.5. The van der Waals surface area contributed by atoms with E-state index in [1.54, 1.807) is 6.20 Å². The topological polar surface area (TPSA) is 60.5 Å². The van der Waals surface area contributed by atoms with E-state index >= 15 is 0 Å². The summed E-state index contributed by atoms with van der Waals surface area (Å²) in [5.74, 6) is 1.01. The minimum absolute atomic E-state index is 0.244. The fourth-order valence-corrected chi connectivity index (χ4v) is 2.68. The van der Waals surface area contributed by atoms with Crippen LogP contribution in [0.5, 0.6) is 5.75 Å². The summed E-state index contributed by atoms with van der Waals surface area (Å²) in [6, 6.07) is 7.45. The highest BCUT2D eigenvalue weighted by Crippen LogP contribution is 2.30. The number of aromatic nitrogens is 1. The van der Waals surface area contributed by atoms with Crippen molar-refractivity contribution in [2.75, 3.05) is 25.1 Å². The second-order valence-corrected chi connectivity index (χ2v) is 5.57. The summed E-state index contributed by atoms with van der Waals surface area (Å²) in [5, 5.41) is 3.65. The lowest BCUT2D eigenvalue weighted by Crippen LogP contribution is -2.21. The smallest absolute Gasteiger partial charge is 0.247 e. The van der Waals surface area contributed by atoms with Gasteiger partial charge in [0, 0.05) is 24.8 Å². The minimum Gasteiger partial charge on any atom is -0.491 e. The molecule has 3 rings (SSSR count). The van der Waals surface area contributed by atoms with Gasteiger partial charge in [0.25, 0.3) is 0 Å². The average molecular weight is 312 g/mol. The van der Waals surface area contributed by atoms with Crippen molar-refractivity contribution in [3.63, 3.8) is 0 Å². The van der Waals surface area contributed by atoms with Crippen LogP contribution in [-0.4, -0.2) is 30.7 Å². The monoisotopic (exact) mass is 312 g/mol. The molecule has 0 radical (unpaired) electrons. The van der Waals surface area contributed by atoms with Gasteiger partial charge in [0.2, 0.25) is 5.91 Å². The number of hydrogen-bond acceptors (Lipinski definition) is 4. The Balaban J connectivity index is 1.82. The summed E-state index contributed by atoms with van der Waals surface area (Å²) in [6.45, 7) is 5.74. The Morgan fingerprint density at radius 3 is 3.00 bits per heavy atom. The zero-order chi connectivity index (χ0) is 16.1. The summed E-state index contributed by atoms with van der Waals surface area (Å²) in [7, 11) is 0. The van der Waals surface area contributed by atoms with Gasteiger partial charge in [-0.05, 0) is 49.1 Å². The molecule has 0 bridgehead atoms. The van der Waals surface area contributed by atoms with Crippen LogP contribution in [0.4, 0.5) is 5.69 Å². The number of amides is 1. The first-order valence-electron chi connectivity index (χ1n) is 7.79.